The van der Waals surface area contributed by atoms with Gasteiger partial charge in [-0.2, -0.15) is 0 Å². The zero-order valence-corrected chi connectivity index (χ0v) is 13.1. The zero-order chi connectivity index (χ0) is 17.9. The van der Waals surface area contributed by atoms with Crippen LogP contribution in [0, 0.1) is 0 Å². The molecule has 1 aliphatic rings. The van der Waals surface area contributed by atoms with Crippen molar-refractivity contribution in [2.45, 2.75) is 30.7 Å². The van der Waals surface area contributed by atoms with Gasteiger partial charge in [0.1, 0.15) is 24.4 Å². The quantitative estimate of drug-likeness (QED) is 0.353. The van der Waals surface area contributed by atoms with Gasteiger partial charge in [0, 0.05) is 5.02 Å². The molecule has 9 heteroatoms. The van der Waals surface area contributed by atoms with Crippen LogP contribution >= 0.6 is 11.6 Å². The van der Waals surface area contributed by atoms with E-state index < -0.39 is 49.0 Å². The molecule has 0 radical (unpaired) electrons. The SMILES string of the molecule is O=C(O)/C(=C\c1ccccc1Cl)O[C@H]1O[C@@H](CO)[C@H](O)[C@H](O)[C@H]1O. The van der Waals surface area contributed by atoms with E-state index in [1.165, 1.54) is 0 Å². The highest BCUT2D eigenvalue weighted by molar-refractivity contribution is 6.32. The van der Waals surface area contributed by atoms with Gasteiger partial charge in [-0.05, 0) is 17.7 Å². The van der Waals surface area contributed by atoms with Gasteiger partial charge in [0.25, 0.3) is 0 Å². The summed E-state index contributed by atoms with van der Waals surface area (Å²) in [6.45, 7) is -0.651. The Labute approximate surface area is 142 Å². The molecular formula is C15H17ClO8. The van der Waals surface area contributed by atoms with E-state index in [1.807, 2.05) is 0 Å². The second-order valence-electron chi connectivity index (χ2n) is 5.15. The van der Waals surface area contributed by atoms with Crippen LogP contribution in [0.3, 0.4) is 0 Å². The number of carbonyl (C=O) groups is 1. The standard InChI is InChI=1S/C15H17ClO8/c16-8-4-2-1-3-7(8)5-9(14(21)22)23-15-13(20)12(19)11(18)10(6-17)24-15/h1-5,10-13,15,17-20H,6H2,(H,21,22)/b9-5+/t10-,11-,12-,13+,15-/m0/s1. The Morgan fingerprint density at radius 2 is 1.88 bits per heavy atom. The maximum atomic E-state index is 11.4. The molecule has 1 heterocycles. The fourth-order valence-corrected chi connectivity index (χ4v) is 2.36. The molecule has 8 nitrogen and oxygen atoms in total. The molecule has 5 atom stereocenters. The lowest BCUT2D eigenvalue weighted by Crippen LogP contribution is -2.59. The van der Waals surface area contributed by atoms with Gasteiger partial charge in [0.05, 0.1) is 6.61 Å². The van der Waals surface area contributed by atoms with Crippen LogP contribution in [-0.2, 0) is 14.3 Å². The van der Waals surface area contributed by atoms with Crippen molar-refractivity contribution in [2.75, 3.05) is 6.61 Å². The average Bonchev–Trinajstić information content (AvgIpc) is 2.56. The molecule has 132 valence electrons. The highest BCUT2D eigenvalue weighted by atomic mass is 35.5. The fourth-order valence-electron chi connectivity index (χ4n) is 2.17. The highest BCUT2D eigenvalue weighted by Crippen LogP contribution is 2.25. The van der Waals surface area contributed by atoms with E-state index >= 15 is 0 Å². The number of aliphatic hydroxyl groups excluding tert-OH is 4. The molecule has 1 aliphatic heterocycles. The van der Waals surface area contributed by atoms with Gasteiger partial charge in [-0.1, -0.05) is 29.8 Å². The van der Waals surface area contributed by atoms with E-state index in [0.29, 0.717) is 5.56 Å². The summed E-state index contributed by atoms with van der Waals surface area (Å²) >= 11 is 5.95. The number of hydrogen-bond acceptors (Lipinski definition) is 7. The molecule has 1 aromatic rings. The van der Waals surface area contributed by atoms with Gasteiger partial charge < -0.3 is 35.0 Å². The molecule has 1 fully saturated rings. The minimum absolute atomic E-state index is 0.286. The van der Waals surface area contributed by atoms with E-state index in [-0.39, 0.29) is 5.02 Å². The third-order valence-corrected chi connectivity index (χ3v) is 3.84. The van der Waals surface area contributed by atoms with Crippen molar-refractivity contribution in [3.63, 3.8) is 0 Å². The summed E-state index contributed by atoms with van der Waals surface area (Å²) in [7, 11) is 0. The normalized spacial score (nSPS) is 30.9. The second kappa shape index (κ2) is 7.93. The van der Waals surface area contributed by atoms with Gasteiger partial charge in [-0.15, -0.1) is 0 Å². The molecule has 0 bridgehead atoms. The van der Waals surface area contributed by atoms with E-state index in [1.54, 1.807) is 24.3 Å². The predicted octanol–water partition coefficient (Wildman–Crippen LogP) is -0.418. The van der Waals surface area contributed by atoms with Crippen molar-refractivity contribution in [3.05, 3.63) is 40.6 Å². The number of ether oxygens (including phenoxy) is 2. The smallest absolute Gasteiger partial charge is 0.371 e. The van der Waals surface area contributed by atoms with Crippen LogP contribution in [0.1, 0.15) is 5.56 Å². The highest BCUT2D eigenvalue weighted by Gasteiger charge is 2.45. The Bertz CT molecular complexity index is 617. The van der Waals surface area contributed by atoms with Gasteiger partial charge in [0.15, 0.2) is 0 Å². The molecule has 2 rings (SSSR count). The summed E-state index contributed by atoms with van der Waals surface area (Å²) in [6.07, 6.45) is -6.61. The number of benzene rings is 1. The van der Waals surface area contributed by atoms with Gasteiger partial charge in [-0.25, -0.2) is 4.79 Å². The molecule has 0 unspecified atom stereocenters. The van der Waals surface area contributed by atoms with Gasteiger partial charge in [0.2, 0.25) is 12.0 Å². The number of hydrogen-bond donors (Lipinski definition) is 5. The first-order chi connectivity index (χ1) is 11.3. The maximum absolute atomic E-state index is 11.4. The lowest BCUT2D eigenvalue weighted by molar-refractivity contribution is -0.291. The third kappa shape index (κ3) is 4.04. The average molecular weight is 361 g/mol. The van der Waals surface area contributed by atoms with Crippen LogP contribution in [0.25, 0.3) is 6.08 Å². The number of aliphatic hydroxyl groups is 4. The van der Waals surface area contributed by atoms with Crippen LogP contribution in [0.15, 0.2) is 30.0 Å². The molecular weight excluding hydrogens is 344 g/mol. The summed E-state index contributed by atoms with van der Waals surface area (Å²) in [4.78, 5) is 11.4. The van der Waals surface area contributed by atoms with Crippen molar-refractivity contribution in [2.24, 2.45) is 0 Å². The van der Waals surface area contributed by atoms with Gasteiger partial charge in [-0.3, -0.25) is 0 Å². The molecule has 1 aromatic carbocycles. The zero-order valence-electron chi connectivity index (χ0n) is 12.3. The first-order valence-corrected chi connectivity index (χ1v) is 7.39. The third-order valence-electron chi connectivity index (χ3n) is 3.49. The van der Waals surface area contributed by atoms with E-state index in [4.69, 9.17) is 26.2 Å². The number of carboxylic acid groups (broad SMARTS) is 1. The largest absolute Gasteiger partial charge is 0.475 e. The van der Waals surface area contributed by atoms with Crippen molar-refractivity contribution in [1.29, 1.82) is 0 Å². The summed E-state index contributed by atoms with van der Waals surface area (Å²) in [6, 6.07) is 6.42. The van der Waals surface area contributed by atoms with Crippen LogP contribution in [0.4, 0.5) is 0 Å². The molecule has 0 aliphatic carbocycles. The van der Waals surface area contributed by atoms with Crippen molar-refractivity contribution >= 4 is 23.6 Å². The number of halogens is 1. The minimum atomic E-state index is -1.71. The second-order valence-corrected chi connectivity index (χ2v) is 5.56. The minimum Gasteiger partial charge on any atom is -0.475 e. The van der Waals surface area contributed by atoms with Crippen molar-refractivity contribution < 1.29 is 39.8 Å². The van der Waals surface area contributed by atoms with Gasteiger partial charge >= 0.3 is 5.97 Å². The number of aliphatic carboxylic acids is 1. The fraction of sp³-hybridized carbons (Fsp3) is 0.400. The molecule has 5 N–H and O–H groups in total. The summed E-state index contributed by atoms with van der Waals surface area (Å²) in [5.41, 5.74) is 0.362. The summed E-state index contributed by atoms with van der Waals surface area (Å²) in [5.74, 6) is -2.04. The monoisotopic (exact) mass is 360 g/mol. The molecule has 1 saturated heterocycles. The van der Waals surface area contributed by atoms with Crippen LogP contribution in [0.5, 0.6) is 0 Å². The maximum Gasteiger partial charge on any atom is 0.371 e. The van der Waals surface area contributed by atoms with Crippen LogP contribution in [-0.4, -0.2) is 68.8 Å². The Balaban J connectivity index is 2.24. The molecule has 24 heavy (non-hydrogen) atoms. The Morgan fingerprint density at radius 3 is 2.46 bits per heavy atom. The van der Waals surface area contributed by atoms with E-state index in [9.17, 15) is 25.2 Å². The molecule has 0 spiro atoms. The van der Waals surface area contributed by atoms with Crippen LogP contribution in [0.2, 0.25) is 5.02 Å². The topological polar surface area (TPSA) is 137 Å². The lowest BCUT2D eigenvalue weighted by Gasteiger charge is -2.39. The number of rotatable bonds is 5. The first-order valence-electron chi connectivity index (χ1n) is 7.02. The predicted molar refractivity (Wildman–Crippen MR) is 81.9 cm³/mol. The Kier molecular flexibility index (Phi) is 6.16. The molecule has 0 aromatic heterocycles. The molecule has 0 saturated carbocycles. The summed E-state index contributed by atoms with van der Waals surface area (Å²) < 4.78 is 10.2. The Morgan fingerprint density at radius 1 is 1.21 bits per heavy atom. The number of carboxylic acids is 1. The lowest BCUT2D eigenvalue weighted by atomic mass is 9.99. The summed E-state index contributed by atoms with van der Waals surface area (Å²) in [5, 5.41) is 47.9. The van der Waals surface area contributed by atoms with E-state index in [2.05, 4.69) is 0 Å². The van der Waals surface area contributed by atoms with Crippen molar-refractivity contribution in [3.8, 4) is 0 Å². The molecule has 0 amide bonds. The Hall–Kier alpha value is -1.68. The van der Waals surface area contributed by atoms with Crippen molar-refractivity contribution in [1.82, 2.24) is 0 Å². The van der Waals surface area contributed by atoms with Crippen LogP contribution < -0.4 is 0 Å². The first kappa shape index (κ1) is 18.7. The van der Waals surface area contributed by atoms with E-state index in [0.717, 1.165) is 6.08 Å².